The Kier molecular flexibility index (Phi) is 5.35. The van der Waals surface area contributed by atoms with Crippen LogP contribution >= 0.6 is 11.8 Å². The molecule has 24 heavy (non-hydrogen) atoms. The van der Waals surface area contributed by atoms with Crippen LogP contribution < -0.4 is 10.9 Å². The molecule has 1 aromatic heterocycles. The molecular weight excluding hydrogens is 322 g/mol. The molecule has 2 aromatic rings. The van der Waals surface area contributed by atoms with Gasteiger partial charge in [-0.1, -0.05) is 42.1 Å². The van der Waals surface area contributed by atoms with Gasteiger partial charge >= 0.3 is 0 Å². The van der Waals surface area contributed by atoms with Gasteiger partial charge in [0.05, 0.1) is 10.9 Å². The van der Waals surface area contributed by atoms with Crippen LogP contribution in [0.1, 0.15) is 36.6 Å². The summed E-state index contributed by atoms with van der Waals surface area (Å²) in [5, 5.41) is 3.13. The van der Waals surface area contributed by atoms with Gasteiger partial charge in [-0.25, -0.2) is 4.98 Å². The Bertz CT molecular complexity index is 774. The van der Waals surface area contributed by atoms with Crippen molar-refractivity contribution in [2.75, 3.05) is 0 Å². The second-order valence-corrected chi connectivity index (χ2v) is 7.30. The SMILES string of the molecule is CC(Sc1nc2c(c(=O)[nH]1)CCCC2)C(=O)NCc1ccccc1. The van der Waals surface area contributed by atoms with E-state index in [4.69, 9.17) is 0 Å². The number of aromatic nitrogens is 2. The van der Waals surface area contributed by atoms with Crippen LogP contribution in [0.15, 0.2) is 40.3 Å². The van der Waals surface area contributed by atoms with Gasteiger partial charge in [-0.15, -0.1) is 0 Å². The summed E-state index contributed by atoms with van der Waals surface area (Å²) in [5.74, 6) is -0.0655. The lowest BCUT2D eigenvalue weighted by Gasteiger charge is -2.16. The molecule has 1 aliphatic carbocycles. The predicted molar refractivity (Wildman–Crippen MR) is 95.1 cm³/mol. The van der Waals surface area contributed by atoms with Crippen molar-refractivity contribution in [2.45, 2.75) is 49.6 Å². The lowest BCUT2D eigenvalue weighted by Crippen LogP contribution is -2.31. The van der Waals surface area contributed by atoms with E-state index >= 15 is 0 Å². The van der Waals surface area contributed by atoms with Crippen molar-refractivity contribution in [3.8, 4) is 0 Å². The average Bonchev–Trinajstić information content (AvgIpc) is 2.60. The van der Waals surface area contributed by atoms with Crippen LogP contribution in [0.25, 0.3) is 0 Å². The van der Waals surface area contributed by atoms with Gasteiger partial charge in [0.1, 0.15) is 0 Å². The summed E-state index contributed by atoms with van der Waals surface area (Å²) < 4.78 is 0. The van der Waals surface area contributed by atoms with Crippen LogP contribution in [0.4, 0.5) is 0 Å². The average molecular weight is 343 g/mol. The standard InChI is InChI=1S/C18H21N3O2S/c1-12(16(22)19-11-13-7-3-2-4-8-13)24-18-20-15-10-6-5-9-14(15)17(23)21-18/h2-4,7-8,12H,5-6,9-11H2,1H3,(H,19,22)(H,20,21,23). The minimum Gasteiger partial charge on any atom is -0.351 e. The van der Waals surface area contributed by atoms with Crippen molar-refractivity contribution >= 4 is 17.7 Å². The molecule has 0 fully saturated rings. The van der Waals surface area contributed by atoms with Crippen LogP contribution in [-0.2, 0) is 24.2 Å². The Hall–Kier alpha value is -2.08. The zero-order chi connectivity index (χ0) is 16.9. The second kappa shape index (κ2) is 7.66. The monoisotopic (exact) mass is 343 g/mol. The third-order valence-corrected chi connectivity index (χ3v) is 5.12. The Balaban J connectivity index is 1.62. The van der Waals surface area contributed by atoms with Crippen molar-refractivity contribution < 1.29 is 4.79 Å². The molecule has 0 radical (unpaired) electrons. The van der Waals surface area contributed by atoms with Crippen molar-refractivity contribution in [2.24, 2.45) is 0 Å². The van der Waals surface area contributed by atoms with Gasteiger partial charge in [0.15, 0.2) is 5.16 Å². The molecule has 0 aliphatic heterocycles. The van der Waals surface area contributed by atoms with E-state index in [1.807, 2.05) is 37.3 Å². The number of H-pyrrole nitrogens is 1. The van der Waals surface area contributed by atoms with Gasteiger partial charge < -0.3 is 10.3 Å². The first kappa shape index (κ1) is 16.8. The normalized spacial score (nSPS) is 14.7. The number of hydrogen-bond acceptors (Lipinski definition) is 4. The van der Waals surface area contributed by atoms with Crippen LogP contribution in [0.3, 0.4) is 0 Å². The highest BCUT2D eigenvalue weighted by Gasteiger charge is 2.19. The summed E-state index contributed by atoms with van der Waals surface area (Å²) in [4.78, 5) is 31.7. The number of nitrogens with zero attached hydrogens (tertiary/aromatic N) is 1. The second-order valence-electron chi connectivity index (χ2n) is 5.97. The predicted octanol–water partition coefficient (Wildman–Crippen LogP) is 2.45. The van der Waals surface area contributed by atoms with Crippen molar-refractivity contribution in [1.29, 1.82) is 0 Å². The van der Waals surface area contributed by atoms with Gasteiger partial charge in [0.2, 0.25) is 5.91 Å². The summed E-state index contributed by atoms with van der Waals surface area (Å²) >= 11 is 1.30. The fraction of sp³-hybridized carbons (Fsp3) is 0.389. The van der Waals surface area contributed by atoms with Crippen LogP contribution in [0.2, 0.25) is 0 Å². The fourth-order valence-corrected chi connectivity index (χ4v) is 3.63. The number of carbonyl (C=O) groups excluding carboxylic acids is 1. The molecule has 3 rings (SSSR count). The Labute approximate surface area is 145 Å². The quantitative estimate of drug-likeness (QED) is 0.646. The van der Waals surface area contributed by atoms with E-state index in [1.54, 1.807) is 0 Å². The van der Waals surface area contributed by atoms with Crippen LogP contribution in [0.5, 0.6) is 0 Å². The number of nitrogens with one attached hydrogen (secondary N) is 2. The Morgan fingerprint density at radius 2 is 2.04 bits per heavy atom. The molecule has 5 nitrogen and oxygen atoms in total. The highest BCUT2D eigenvalue weighted by atomic mass is 32.2. The van der Waals surface area contributed by atoms with Gasteiger partial charge in [0, 0.05) is 12.1 Å². The molecule has 6 heteroatoms. The van der Waals surface area contributed by atoms with Gasteiger partial charge in [-0.2, -0.15) is 0 Å². The number of rotatable bonds is 5. The first-order valence-corrected chi connectivity index (χ1v) is 9.12. The first-order valence-electron chi connectivity index (χ1n) is 8.24. The largest absolute Gasteiger partial charge is 0.351 e. The molecule has 1 unspecified atom stereocenters. The number of benzene rings is 1. The molecule has 1 heterocycles. The van der Waals surface area contributed by atoms with Crippen molar-refractivity contribution in [3.63, 3.8) is 0 Å². The number of aryl methyl sites for hydroxylation is 1. The molecule has 0 saturated heterocycles. The minimum atomic E-state index is -0.321. The Morgan fingerprint density at radius 1 is 1.29 bits per heavy atom. The number of thioether (sulfide) groups is 1. The molecule has 2 N–H and O–H groups in total. The summed E-state index contributed by atoms with van der Waals surface area (Å²) in [6, 6.07) is 9.78. The van der Waals surface area contributed by atoms with E-state index in [0.717, 1.165) is 42.5 Å². The Morgan fingerprint density at radius 3 is 2.83 bits per heavy atom. The minimum absolute atomic E-state index is 0.0564. The maximum atomic E-state index is 12.2. The fourth-order valence-electron chi connectivity index (χ4n) is 2.79. The third-order valence-electron chi connectivity index (χ3n) is 4.14. The van der Waals surface area contributed by atoms with Crippen molar-refractivity contribution in [3.05, 3.63) is 57.5 Å². The van der Waals surface area contributed by atoms with E-state index < -0.39 is 0 Å². The van der Waals surface area contributed by atoms with Crippen LogP contribution in [0, 0.1) is 0 Å². The highest BCUT2D eigenvalue weighted by molar-refractivity contribution is 8.00. The van der Waals surface area contributed by atoms with Gasteiger partial charge in [0.25, 0.3) is 5.56 Å². The maximum absolute atomic E-state index is 12.2. The van der Waals surface area contributed by atoms with Gasteiger partial charge in [-0.3, -0.25) is 9.59 Å². The smallest absolute Gasteiger partial charge is 0.254 e. The molecular formula is C18H21N3O2S. The number of aromatic amines is 1. The third kappa shape index (κ3) is 4.06. The van der Waals surface area contributed by atoms with Crippen LogP contribution in [-0.4, -0.2) is 21.1 Å². The highest BCUT2D eigenvalue weighted by Crippen LogP contribution is 2.22. The molecule has 126 valence electrons. The lowest BCUT2D eigenvalue weighted by molar-refractivity contribution is -0.120. The summed E-state index contributed by atoms with van der Waals surface area (Å²) in [5.41, 5.74) is 2.71. The molecule has 1 aliphatic rings. The van der Waals surface area contributed by atoms with E-state index in [9.17, 15) is 9.59 Å². The zero-order valence-corrected chi connectivity index (χ0v) is 14.5. The molecule has 0 saturated carbocycles. The lowest BCUT2D eigenvalue weighted by atomic mass is 9.97. The first-order chi connectivity index (χ1) is 11.6. The van der Waals surface area contributed by atoms with Crippen molar-refractivity contribution in [1.82, 2.24) is 15.3 Å². The topological polar surface area (TPSA) is 74.8 Å². The summed E-state index contributed by atoms with van der Waals surface area (Å²) in [7, 11) is 0. The summed E-state index contributed by atoms with van der Waals surface area (Å²) in [6.07, 6.45) is 3.76. The number of fused-ring (bicyclic) bond motifs is 1. The molecule has 0 spiro atoms. The molecule has 0 bridgehead atoms. The number of carbonyl (C=O) groups is 1. The molecule has 1 aromatic carbocycles. The maximum Gasteiger partial charge on any atom is 0.254 e. The number of amides is 1. The van der Waals surface area contributed by atoms with E-state index in [0.29, 0.717) is 11.7 Å². The van der Waals surface area contributed by atoms with E-state index in [1.165, 1.54) is 11.8 Å². The molecule has 1 atom stereocenters. The van der Waals surface area contributed by atoms with E-state index in [2.05, 4.69) is 15.3 Å². The summed E-state index contributed by atoms with van der Waals surface area (Å²) in [6.45, 7) is 2.32. The molecule has 1 amide bonds. The van der Waals surface area contributed by atoms with E-state index in [-0.39, 0.29) is 16.7 Å². The van der Waals surface area contributed by atoms with Gasteiger partial charge in [-0.05, 0) is 38.2 Å². The zero-order valence-electron chi connectivity index (χ0n) is 13.7. The number of hydrogen-bond donors (Lipinski definition) is 2.